The molecule has 1 saturated heterocycles. The number of nitrogens with zero attached hydrogens (tertiary/aromatic N) is 1. The second-order valence-electron chi connectivity index (χ2n) is 8.07. The van der Waals surface area contributed by atoms with Gasteiger partial charge in [0, 0.05) is 0 Å². The zero-order valence-electron chi connectivity index (χ0n) is 19.3. The van der Waals surface area contributed by atoms with Gasteiger partial charge in [-0.3, -0.25) is 9.69 Å². The average molecular weight is 472 g/mol. The number of amides is 3. The van der Waals surface area contributed by atoms with E-state index in [0.717, 1.165) is 16.0 Å². The fourth-order valence-electron chi connectivity index (χ4n) is 3.61. The van der Waals surface area contributed by atoms with Crippen molar-refractivity contribution in [1.29, 1.82) is 0 Å². The summed E-state index contributed by atoms with van der Waals surface area (Å²) in [5.74, 6) is -0.527. The largest absolute Gasteiger partial charge is 0.493 e. The third kappa shape index (κ3) is 5.50. The quantitative estimate of drug-likeness (QED) is 0.373. The SMILES string of the molecule is COc1cc(/C=C2/NC(=O)N(Cc3ccc(C)cc3)C2=O)ccc1OCc1cccc(C(=O)O)c1. The van der Waals surface area contributed by atoms with Crippen LogP contribution in [0.25, 0.3) is 6.08 Å². The van der Waals surface area contributed by atoms with Crippen molar-refractivity contribution in [1.82, 2.24) is 10.2 Å². The number of carbonyl (C=O) groups is 3. The summed E-state index contributed by atoms with van der Waals surface area (Å²) in [7, 11) is 1.50. The van der Waals surface area contributed by atoms with Crippen LogP contribution in [0.15, 0.2) is 72.4 Å². The standard InChI is InChI=1S/C27H24N2O6/c1-17-6-8-18(9-7-17)15-29-25(30)22(28-27(29)33)13-19-10-11-23(24(14-19)34-2)35-16-20-4-3-5-21(12-20)26(31)32/h3-14H,15-16H2,1-2H3,(H,28,33)(H,31,32)/b22-13+. The molecular weight excluding hydrogens is 448 g/mol. The van der Waals surface area contributed by atoms with Crippen LogP contribution < -0.4 is 14.8 Å². The molecule has 1 heterocycles. The summed E-state index contributed by atoms with van der Waals surface area (Å²) in [6, 6.07) is 18.8. The molecule has 0 spiro atoms. The molecule has 8 nitrogen and oxygen atoms in total. The topological polar surface area (TPSA) is 105 Å². The minimum absolute atomic E-state index is 0.153. The van der Waals surface area contributed by atoms with Crippen molar-refractivity contribution >= 4 is 24.0 Å². The Balaban J connectivity index is 1.47. The highest BCUT2D eigenvalue weighted by Crippen LogP contribution is 2.30. The van der Waals surface area contributed by atoms with Gasteiger partial charge >= 0.3 is 12.0 Å². The monoisotopic (exact) mass is 472 g/mol. The molecule has 0 unspecified atom stereocenters. The highest BCUT2D eigenvalue weighted by molar-refractivity contribution is 6.13. The van der Waals surface area contributed by atoms with E-state index in [-0.39, 0.29) is 24.4 Å². The van der Waals surface area contributed by atoms with E-state index in [0.29, 0.717) is 22.6 Å². The first kappa shape index (κ1) is 23.6. The Morgan fingerprint density at radius 1 is 1.00 bits per heavy atom. The van der Waals surface area contributed by atoms with Gasteiger partial charge in [0.1, 0.15) is 12.3 Å². The summed E-state index contributed by atoms with van der Waals surface area (Å²) in [6.45, 7) is 2.31. The van der Waals surface area contributed by atoms with Gasteiger partial charge in [0.2, 0.25) is 0 Å². The lowest BCUT2D eigenvalue weighted by molar-refractivity contribution is -0.123. The zero-order chi connectivity index (χ0) is 24.9. The molecule has 3 aromatic rings. The van der Waals surface area contributed by atoms with Gasteiger partial charge in [0.15, 0.2) is 11.5 Å². The minimum atomic E-state index is -1.01. The van der Waals surface area contributed by atoms with Crippen LogP contribution in [0.2, 0.25) is 0 Å². The fourth-order valence-corrected chi connectivity index (χ4v) is 3.61. The van der Waals surface area contributed by atoms with Crippen LogP contribution in [0.1, 0.15) is 32.6 Å². The highest BCUT2D eigenvalue weighted by Gasteiger charge is 2.33. The lowest BCUT2D eigenvalue weighted by Crippen LogP contribution is -2.30. The Hall–Kier alpha value is -4.59. The molecule has 0 atom stereocenters. The van der Waals surface area contributed by atoms with Crippen molar-refractivity contribution in [2.75, 3.05) is 7.11 Å². The summed E-state index contributed by atoms with van der Waals surface area (Å²) >= 11 is 0. The van der Waals surface area contributed by atoms with Crippen molar-refractivity contribution in [3.8, 4) is 11.5 Å². The van der Waals surface area contributed by atoms with E-state index in [1.54, 1.807) is 42.5 Å². The summed E-state index contributed by atoms with van der Waals surface area (Å²) in [5.41, 5.74) is 3.65. The Labute approximate surface area is 202 Å². The Morgan fingerprint density at radius 3 is 2.49 bits per heavy atom. The molecule has 1 fully saturated rings. The molecule has 3 amide bonds. The number of carbonyl (C=O) groups excluding carboxylic acids is 2. The van der Waals surface area contributed by atoms with Crippen LogP contribution in [0.4, 0.5) is 4.79 Å². The summed E-state index contributed by atoms with van der Waals surface area (Å²) in [4.78, 5) is 37.5. The van der Waals surface area contributed by atoms with Gasteiger partial charge in [0.25, 0.3) is 5.91 Å². The van der Waals surface area contributed by atoms with Gasteiger partial charge in [-0.1, -0.05) is 48.0 Å². The molecule has 0 saturated carbocycles. The second-order valence-corrected chi connectivity index (χ2v) is 8.07. The van der Waals surface area contributed by atoms with Gasteiger partial charge in [-0.15, -0.1) is 0 Å². The lowest BCUT2D eigenvalue weighted by Gasteiger charge is -2.12. The third-order valence-corrected chi connectivity index (χ3v) is 5.49. The number of methoxy groups -OCH3 is 1. The van der Waals surface area contributed by atoms with Crippen molar-refractivity contribution in [2.24, 2.45) is 0 Å². The molecule has 3 aromatic carbocycles. The maximum absolute atomic E-state index is 12.8. The minimum Gasteiger partial charge on any atom is -0.493 e. The molecule has 1 aliphatic heterocycles. The summed E-state index contributed by atoms with van der Waals surface area (Å²) in [5, 5.41) is 11.8. The fraction of sp³-hybridized carbons (Fsp3) is 0.148. The smallest absolute Gasteiger partial charge is 0.335 e. The maximum atomic E-state index is 12.8. The molecule has 0 radical (unpaired) electrons. The number of hydrogen-bond acceptors (Lipinski definition) is 5. The summed E-state index contributed by atoms with van der Waals surface area (Å²) < 4.78 is 11.2. The van der Waals surface area contributed by atoms with Crippen molar-refractivity contribution < 1.29 is 29.0 Å². The number of carboxylic acid groups (broad SMARTS) is 1. The van der Waals surface area contributed by atoms with Crippen LogP contribution in [-0.4, -0.2) is 35.0 Å². The van der Waals surface area contributed by atoms with Gasteiger partial charge < -0.3 is 19.9 Å². The van der Waals surface area contributed by atoms with Gasteiger partial charge in [0.05, 0.1) is 19.2 Å². The number of benzene rings is 3. The third-order valence-electron chi connectivity index (χ3n) is 5.49. The van der Waals surface area contributed by atoms with Crippen molar-refractivity contribution in [2.45, 2.75) is 20.1 Å². The van der Waals surface area contributed by atoms with E-state index in [2.05, 4.69) is 5.32 Å². The van der Waals surface area contributed by atoms with Crippen molar-refractivity contribution in [3.63, 3.8) is 0 Å². The van der Waals surface area contributed by atoms with Crippen LogP contribution >= 0.6 is 0 Å². The molecule has 35 heavy (non-hydrogen) atoms. The van der Waals surface area contributed by atoms with Crippen LogP contribution in [-0.2, 0) is 17.9 Å². The van der Waals surface area contributed by atoms with E-state index in [4.69, 9.17) is 14.6 Å². The number of ether oxygens (including phenoxy) is 2. The van der Waals surface area contributed by atoms with E-state index >= 15 is 0 Å². The van der Waals surface area contributed by atoms with Gasteiger partial charge in [-0.25, -0.2) is 9.59 Å². The lowest BCUT2D eigenvalue weighted by atomic mass is 10.1. The molecule has 0 bridgehead atoms. The number of carboxylic acids is 1. The Kier molecular flexibility index (Phi) is 6.82. The molecule has 2 N–H and O–H groups in total. The Bertz CT molecular complexity index is 1310. The van der Waals surface area contributed by atoms with Crippen LogP contribution in [0.3, 0.4) is 0 Å². The summed E-state index contributed by atoms with van der Waals surface area (Å²) in [6.07, 6.45) is 1.58. The van der Waals surface area contributed by atoms with Gasteiger partial charge in [-0.2, -0.15) is 0 Å². The number of nitrogens with one attached hydrogen (secondary N) is 1. The zero-order valence-corrected chi connectivity index (χ0v) is 19.3. The van der Waals surface area contributed by atoms with Gasteiger partial charge in [-0.05, 0) is 54.0 Å². The number of rotatable bonds is 8. The molecule has 0 aliphatic carbocycles. The molecular formula is C27H24N2O6. The molecule has 4 rings (SSSR count). The molecule has 178 valence electrons. The van der Waals surface area contributed by atoms with E-state index < -0.39 is 17.9 Å². The van der Waals surface area contributed by atoms with Crippen molar-refractivity contribution in [3.05, 3.63) is 100 Å². The first-order chi connectivity index (χ1) is 16.8. The average Bonchev–Trinajstić information content (AvgIpc) is 3.11. The highest BCUT2D eigenvalue weighted by atomic mass is 16.5. The predicted octanol–water partition coefficient (Wildman–Crippen LogP) is 4.37. The van der Waals surface area contributed by atoms with E-state index in [1.165, 1.54) is 13.2 Å². The first-order valence-electron chi connectivity index (χ1n) is 10.9. The molecule has 1 aliphatic rings. The van der Waals surface area contributed by atoms with E-state index in [1.807, 2.05) is 31.2 Å². The second kappa shape index (κ2) is 10.1. The number of imide groups is 1. The molecule has 0 aromatic heterocycles. The Morgan fingerprint density at radius 2 is 1.77 bits per heavy atom. The predicted molar refractivity (Wildman–Crippen MR) is 129 cm³/mol. The number of aromatic carboxylic acids is 1. The van der Waals surface area contributed by atoms with E-state index in [9.17, 15) is 14.4 Å². The maximum Gasteiger partial charge on any atom is 0.335 e. The number of aryl methyl sites for hydroxylation is 1. The normalized spacial score (nSPS) is 14.2. The number of urea groups is 1. The number of hydrogen-bond donors (Lipinski definition) is 2. The van der Waals surface area contributed by atoms with Crippen LogP contribution in [0, 0.1) is 6.92 Å². The van der Waals surface area contributed by atoms with Crippen LogP contribution in [0.5, 0.6) is 11.5 Å². The first-order valence-corrected chi connectivity index (χ1v) is 10.9. The molecule has 8 heteroatoms.